The highest BCUT2D eigenvalue weighted by molar-refractivity contribution is 5.74. The van der Waals surface area contributed by atoms with Crippen molar-refractivity contribution in [1.29, 1.82) is 0 Å². The third-order valence-corrected chi connectivity index (χ3v) is 6.88. The minimum Gasteiger partial charge on any atom is -0.457 e. The molecule has 2 atom stereocenters. The van der Waals surface area contributed by atoms with E-state index in [9.17, 15) is 8.78 Å². The molecule has 0 radical (unpaired) electrons. The number of hydrogen-bond donors (Lipinski definition) is 0. The number of para-hydroxylation sites is 1. The summed E-state index contributed by atoms with van der Waals surface area (Å²) >= 11 is 0. The Kier molecular flexibility index (Phi) is 16.0. The van der Waals surface area contributed by atoms with E-state index in [0.717, 1.165) is 68.9 Å². The fourth-order valence-corrected chi connectivity index (χ4v) is 4.59. The first-order chi connectivity index (χ1) is 18.1. The molecule has 4 heteroatoms. The summed E-state index contributed by atoms with van der Waals surface area (Å²) in [4.78, 5) is 0. The van der Waals surface area contributed by atoms with Crippen LogP contribution in [0.1, 0.15) is 123 Å². The number of ether oxygens (including phenoxy) is 2. The van der Waals surface area contributed by atoms with Crippen LogP contribution < -0.4 is 9.47 Å². The van der Waals surface area contributed by atoms with Gasteiger partial charge >= 0.3 is 0 Å². The number of aryl methyl sites for hydroxylation is 1. The Labute approximate surface area is 225 Å². The van der Waals surface area contributed by atoms with E-state index in [1.54, 1.807) is 6.07 Å². The molecule has 0 aromatic heterocycles. The molecule has 0 bridgehead atoms. The molecule has 0 aliphatic carbocycles. The lowest BCUT2D eigenvalue weighted by atomic mass is 10.00. The zero-order valence-electron chi connectivity index (χ0n) is 23.6. The molecular weight excluding hydrogens is 466 g/mol. The van der Waals surface area contributed by atoms with Crippen LogP contribution in [0.3, 0.4) is 0 Å². The molecule has 2 nitrogen and oxygen atoms in total. The fourth-order valence-electron chi connectivity index (χ4n) is 4.59. The average molecular weight is 517 g/mol. The standard InChI is InChI=1S/C33H50F2O2/c1-4-7-10-12-15-21-31(34)36-30-20-17-19-29(28-25-23-27(24-26-28)18-14-9-6-3)33(30)37-32(35)22-16-13-11-8-5-2/h17,19-20,23-26,31-32H,4-16,18,21-22H2,1-3H3. The fraction of sp³-hybridized carbons (Fsp3) is 0.636. The van der Waals surface area contributed by atoms with Gasteiger partial charge in [-0.05, 0) is 42.9 Å². The van der Waals surface area contributed by atoms with E-state index in [1.807, 2.05) is 24.3 Å². The molecule has 2 unspecified atom stereocenters. The molecule has 0 fully saturated rings. The van der Waals surface area contributed by atoms with E-state index in [-0.39, 0.29) is 5.75 Å². The Morgan fingerprint density at radius 1 is 0.595 bits per heavy atom. The Bertz CT molecular complexity index is 837. The van der Waals surface area contributed by atoms with E-state index in [1.165, 1.54) is 37.7 Å². The van der Waals surface area contributed by atoms with Crippen molar-refractivity contribution in [3.63, 3.8) is 0 Å². The highest BCUT2D eigenvalue weighted by Crippen LogP contribution is 2.40. The van der Waals surface area contributed by atoms with E-state index in [4.69, 9.17) is 9.47 Å². The molecule has 0 saturated heterocycles. The Morgan fingerprint density at radius 3 is 1.73 bits per heavy atom. The molecule has 0 aliphatic rings. The van der Waals surface area contributed by atoms with Crippen molar-refractivity contribution < 1.29 is 18.3 Å². The quantitative estimate of drug-likeness (QED) is 0.154. The summed E-state index contributed by atoms with van der Waals surface area (Å²) < 4.78 is 41.3. The summed E-state index contributed by atoms with van der Waals surface area (Å²) in [6.07, 6.45) is 12.8. The molecule has 2 aromatic carbocycles. The van der Waals surface area contributed by atoms with Gasteiger partial charge in [0, 0.05) is 18.4 Å². The molecule has 37 heavy (non-hydrogen) atoms. The summed E-state index contributed by atoms with van der Waals surface area (Å²) in [6, 6.07) is 13.8. The highest BCUT2D eigenvalue weighted by Gasteiger charge is 2.20. The van der Waals surface area contributed by atoms with Gasteiger partial charge in [-0.3, -0.25) is 0 Å². The van der Waals surface area contributed by atoms with Crippen LogP contribution in [0, 0.1) is 0 Å². The van der Waals surface area contributed by atoms with E-state index >= 15 is 0 Å². The second-order valence-corrected chi connectivity index (χ2v) is 10.2. The maximum Gasteiger partial charge on any atom is 0.238 e. The zero-order valence-corrected chi connectivity index (χ0v) is 23.6. The van der Waals surface area contributed by atoms with E-state index in [2.05, 4.69) is 32.9 Å². The summed E-state index contributed by atoms with van der Waals surface area (Å²) in [7, 11) is 0. The van der Waals surface area contributed by atoms with Crippen LogP contribution >= 0.6 is 0 Å². The number of halogens is 2. The van der Waals surface area contributed by atoms with Crippen LogP contribution in [0.5, 0.6) is 11.5 Å². The van der Waals surface area contributed by atoms with Gasteiger partial charge in [-0.25, -0.2) is 8.78 Å². The molecule has 0 amide bonds. The molecular formula is C33H50F2O2. The first-order valence-electron chi connectivity index (χ1n) is 14.9. The van der Waals surface area contributed by atoms with Gasteiger partial charge in [-0.15, -0.1) is 0 Å². The second-order valence-electron chi connectivity index (χ2n) is 10.2. The molecule has 0 heterocycles. The molecule has 0 spiro atoms. The SMILES string of the molecule is CCCCCCCC(F)Oc1cccc(-c2ccc(CCCCC)cc2)c1OC(F)CCCCCCC. The third kappa shape index (κ3) is 12.3. The zero-order chi connectivity index (χ0) is 26.7. The number of hydrogen-bond acceptors (Lipinski definition) is 2. The third-order valence-electron chi connectivity index (χ3n) is 6.88. The van der Waals surface area contributed by atoms with Crippen molar-refractivity contribution in [1.82, 2.24) is 0 Å². The molecule has 208 valence electrons. The Balaban J connectivity index is 2.15. The van der Waals surface area contributed by atoms with Gasteiger partial charge < -0.3 is 9.47 Å². The van der Waals surface area contributed by atoms with Gasteiger partial charge in [0.05, 0.1) is 0 Å². The molecule has 2 rings (SSSR count). The van der Waals surface area contributed by atoms with Crippen molar-refractivity contribution in [2.24, 2.45) is 0 Å². The first kappa shape index (κ1) is 31.1. The van der Waals surface area contributed by atoms with Crippen LogP contribution in [-0.2, 0) is 6.42 Å². The number of rotatable bonds is 21. The van der Waals surface area contributed by atoms with Gasteiger partial charge in [0.25, 0.3) is 0 Å². The molecule has 0 saturated carbocycles. The summed E-state index contributed by atoms with van der Waals surface area (Å²) in [6.45, 7) is 6.54. The van der Waals surface area contributed by atoms with Crippen LogP contribution in [-0.4, -0.2) is 12.7 Å². The number of alkyl halides is 2. The minimum atomic E-state index is -1.45. The monoisotopic (exact) mass is 516 g/mol. The Hall–Kier alpha value is -2.10. The predicted molar refractivity (Wildman–Crippen MR) is 153 cm³/mol. The lowest BCUT2D eigenvalue weighted by Crippen LogP contribution is -2.14. The topological polar surface area (TPSA) is 18.5 Å². The van der Waals surface area contributed by atoms with Crippen molar-refractivity contribution in [2.75, 3.05) is 0 Å². The van der Waals surface area contributed by atoms with Gasteiger partial charge in [-0.1, -0.05) is 121 Å². The van der Waals surface area contributed by atoms with Crippen molar-refractivity contribution >= 4 is 0 Å². The maximum absolute atomic E-state index is 15.0. The minimum absolute atomic E-state index is 0.277. The molecule has 2 aromatic rings. The largest absolute Gasteiger partial charge is 0.457 e. The summed E-state index contributed by atoms with van der Waals surface area (Å²) in [5.74, 6) is 0.579. The van der Waals surface area contributed by atoms with Crippen LogP contribution in [0.15, 0.2) is 42.5 Å². The summed E-state index contributed by atoms with van der Waals surface area (Å²) in [5, 5.41) is 0. The number of unbranched alkanes of at least 4 members (excludes halogenated alkanes) is 10. The van der Waals surface area contributed by atoms with Crippen molar-refractivity contribution in [3.8, 4) is 22.6 Å². The second kappa shape index (κ2) is 19.0. The molecule has 0 N–H and O–H groups in total. The van der Waals surface area contributed by atoms with Crippen molar-refractivity contribution in [3.05, 3.63) is 48.0 Å². The lowest BCUT2D eigenvalue weighted by molar-refractivity contribution is 0.0321. The van der Waals surface area contributed by atoms with Gasteiger partial charge in [0.1, 0.15) is 0 Å². The van der Waals surface area contributed by atoms with Crippen molar-refractivity contribution in [2.45, 2.75) is 136 Å². The van der Waals surface area contributed by atoms with Crippen LogP contribution in [0.25, 0.3) is 11.1 Å². The van der Waals surface area contributed by atoms with Gasteiger partial charge in [0.2, 0.25) is 12.7 Å². The first-order valence-corrected chi connectivity index (χ1v) is 14.9. The maximum atomic E-state index is 15.0. The van der Waals surface area contributed by atoms with E-state index in [0.29, 0.717) is 18.6 Å². The van der Waals surface area contributed by atoms with Crippen LogP contribution in [0.2, 0.25) is 0 Å². The lowest BCUT2D eigenvalue weighted by Gasteiger charge is -2.20. The predicted octanol–water partition coefficient (Wildman–Crippen LogP) is 11.2. The van der Waals surface area contributed by atoms with Gasteiger partial charge in [-0.2, -0.15) is 0 Å². The van der Waals surface area contributed by atoms with Gasteiger partial charge in [0.15, 0.2) is 11.5 Å². The highest BCUT2D eigenvalue weighted by atomic mass is 19.1. The average Bonchev–Trinajstić information content (AvgIpc) is 2.90. The normalized spacial score (nSPS) is 12.9. The number of benzene rings is 2. The van der Waals surface area contributed by atoms with Crippen LogP contribution in [0.4, 0.5) is 8.78 Å². The smallest absolute Gasteiger partial charge is 0.238 e. The Morgan fingerprint density at radius 2 is 1.14 bits per heavy atom. The van der Waals surface area contributed by atoms with E-state index < -0.39 is 12.7 Å². The summed E-state index contributed by atoms with van der Waals surface area (Å²) in [5.41, 5.74) is 2.95. The molecule has 0 aliphatic heterocycles.